The Balaban J connectivity index is 1.95. The Morgan fingerprint density at radius 3 is 2.22 bits per heavy atom. The maximum absolute atomic E-state index is 4.42. The lowest BCUT2D eigenvalue weighted by atomic mass is 10.3. The van der Waals surface area contributed by atoms with E-state index >= 15 is 0 Å². The molecular formula is C15H15N3. The number of aliphatic imine (C=N–C) groups is 1. The molecule has 0 aromatic heterocycles. The van der Waals surface area contributed by atoms with Gasteiger partial charge in [-0.05, 0) is 31.2 Å². The quantitative estimate of drug-likeness (QED) is 0.636. The van der Waals surface area contributed by atoms with Crippen LogP contribution < -0.4 is 5.43 Å². The first-order valence-corrected chi connectivity index (χ1v) is 5.79. The molecule has 0 fully saturated rings. The first kappa shape index (κ1) is 12.0. The summed E-state index contributed by atoms with van der Waals surface area (Å²) in [7, 11) is 0. The highest BCUT2D eigenvalue weighted by Gasteiger charge is 1.89. The third-order valence-electron chi connectivity index (χ3n) is 2.28. The van der Waals surface area contributed by atoms with Crippen molar-refractivity contribution in [2.45, 2.75) is 6.92 Å². The van der Waals surface area contributed by atoms with Crippen molar-refractivity contribution in [2.75, 3.05) is 5.43 Å². The summed E-state index contributed by atoms with van der Waals surface area (Å²) >= 11 is 0. The summed E-state index contributed by atoms with van der Waals surface area (Å²) in [6, 6.07) is 19.6. The van der Waals surface area contributed by atoms with Crippen molar-refractivity contribution < 1.29 is 0 Å². The largest absolute Gasteiger partial charge is 0.278 e. The average Bonchev–Trinajstić information content (AvgIpc) is 2.41. The van der Waals surface area contributed by atoms with Crippen LogP contribution in [-0.2, 0) is 0 Å². The fourth-order valence-electron chi connectivity index (χ4n) is 1.45. The van der Waals surface area contributed by atoms with E-state index in [0.717, 1.165) is 17.1 Å². The highest BCUT2D eigenvalue weighted by molar-refractivity contribution is 6.30. The smallest absolute Gasteiger partial charge is 0.0684 e. The van der Waals surface area contributed by atoms with Gasteiger partial charge in [0.15, 0.2) is 0 Å². The minimum atomic E-state index is 0.852. The number of para-hydroxylation sites is 2. The molecule has 0 aliphatic rings. The van der Waals surface area contributed by atoms with E-state index in [1.807, 2.05) is 67.6 Å². The molecule has 2 aromatic carbocycles. The second-order valence-corrected chi connectivity index (χ2v) is 3.82. The second kappa shape index (κ2) is 6.35. The van der Waals surface area contributed by atoms with E-state index in [4.69, 9.17) is 0 Å². The number of hydrogen-bond acceptors (Lipinski definition) is 3. The van der Waals surface area contributed by atoms with Crippen molar-refractivity contribution in [3.05, 3.63) is 60.7 Å². The molecule has 0 heterocycles. The van der Waals surface area contributed by atoms with Crippen molar-refractivity contribution in [3.63, 3.8) is 0 Å². The predicted octanol–water partition coefficient (Wildman–Crippen LogP) is 3.88. The molecule has 0 saturated heterocycles. The van der Waals surface area contributed by atoms with Gasteiger partial charge in [-0.15, -0.1) is 0 Å². The van der Waals surface area contributed by atoms with Gasteiger partial charge >= 0.3 is 0 Å². The van der Waals surface area contributed by atoms with Crippen LogP contribution in [0.15, 0.2) is 70.8 Å². The molecule has 0 aliphatic heterocycles. The summed E-state index contributed by atoms with van der Waals surface area (Å²) in [4.78, 5) is 4.42. The van der Waals surface area contributed by atoms with Gasteiger partial charge in [-0.1, -0.05) is 36.4 Å². The van der Waals surface area contributed by atoms with Gasteiger partial charge in [0, 0.05) is 0 Å². The molecule has 0 saturated carbocycles. The van der Waals surface area contributed by atoms with Gasteiger partial charge in [0.25, 0.3) is 0 Å². The zero-order chi connectivity index (χ0) is 12.6. The lowest BCUT2D eigenvalue weighted by molar-refractivity contribution is 1.36. The molecule has 3 heteroatoms. The Bertz CT molecular complexity index is 530. The van der Waals surface area contributed by atoms with Gasteiger partial charge in [-0.3, -0.25) is 10.4 Å². The van der Waals surface area contributed by atoms with Gasteiger partial charge in [0.05, 0.1) is 23.3 Å². The minimum absolute atomic E-state index is 0.852. The molecule has 2 aromatic rings. The predicted molar refractivity (Wildman–Crippen MR) is 77.8 cm³/mol. The molecule has 0 amide bonds. The minimum Gasteiger partial charge on any atom is -0.278 e. The molecule has 0 atom stereocenters. The third kappa shape index (κ3) is 3.87. The van der Waals surface area contributed by atoms with Crippen LogP contribution in [0.2, 0.25) is 0 Å². The Kier molecular flexibility index (Phi) is 4.25. The van der Waals surface area contributed by atoms with Crippen molar-refractivity contribution in [1.29, 1.82) is 0 Å². The number of nitrogens with one attached hydrogen (secondary N) is 1. The number of hydrogen-bond donors (Lipinski definition) is 1. The maximum Gasteiger partial charge on any atom is 0.0684 e. The van der Waals surface area contributed by atoms with Crippen molar-refractivity contribution in [1.82, 2.24) is 0 Å². The van der Waals surface area contributed by atoms with Crippen molar-refractivity contribution in [2.24, 2.45) is 10.1 Å². The van der Waals surface area contributed by atoms with E-state index in [1.54, 1.807) is 6.21 Å². The van der Waals surface area contributed by atoms with Crippen LogP contribution in [0.3, 0.4) is 0 Å². The first-order valence-electron chi connectivity index (χ1n) is 5.79. The SMILES string of the molecule is CC(C=NNc1ccccc1)=Nc1ccccc1. The first-order chi connectivity index (χ1) is 8.84. The fraction of sp³-hybridized carbons (Fsp3) is 0.0667. The van der Waals surface area contributed by atoms with Crippen LogP contribution in [0.4, 0.5) is 11.4 Å². The van der Waals surface area contributed by atoms with Crippen LogP contribution in [-0.4, -0.2) is 11.9 Å². The topological polar surface area (TPSA) is 36.8 Å². The Labute approximate surface area is 107 Å². The van der Waals surface area contributed by atoms with Crippen LogP contribution in [0, 0.1) is 0 Å². The molecule has 1 N–H and O–H groups in total. The van der Waals surface area contributed by atoms with Gasteiger partial charge in [-0.25, -0.2) is 0 Å². The maximum atomic E-state index is 4.42. The fourth-order valence-corrected chi connectivity index (χ4v) is 1.45. The molecule has 0 radical (unpaired) electrons. The lowest BCUT2D eigenvalue weighted by Crippen LogP contribution is -1.96. The Morgan fingerprint density at radius 2 is 1.56 bits per heavy atom. The van der Waals surface area contributed by atoms with E-state index in [1.165, 1.54) is 0 Å². The van der Waals surface area contributed by atoms with Gasteiger partial charge < -0.3 is 0 Å². The Morgan fingerprint density at radius 1 is 0.944 bits per heavy atom. The standard InChI is InChI=1S/C15H15N3/c1-13(17-14-8-4-2-5-9-14)12-16-18-15-10-6-3-7-11-15/h2-12,18H,1H3. The summed E-state index contributed by atoms with van der Waals surface area (Å²) in [5, 5.41) is 4.13. The molecule has 3 nitrogen and oxygen atoms in total. The normalized spacial score (nSPS) is 11.7. The van der Waals surface area contributed by atoms with E-state index in [-0.39, 0.29) is 0 Å². The summed E-state index contributed by atoms with van der Waals surface area (Å²) in [5.74, 6) is 0. The van der Waals surface area contributed by atoms with Gasteiger partial charge in [0.2, 0.25) is 0 Å². The van der Waals surface area contributed by atoms with E-state index in [0.29, 0.717) is 0 Å². The summed E-state index contributed by atoms with van der Waals surface area (Å²) in [5.41, 5.74) is 5.69. The molecule has 0 spiro atoms. The highest BCUT2D eigenvalue weighted by Crippen LogP contribution is 2.09. The monoisotopic (exact) mass is 237 g/mol. The van der Waals surface area contributed by atoms with Crippen LogP contribution >= 0.6 is 0 Å². The van der Waals surface area contributed by atoms with E-state index in [9.17, 15) is 0 Å². The third-order valence-corrected chi connectivity index (χ3v) is 2.28. The summed E-state index contributed by atoms with van der Waals surface area (Å²) in [6.45, 7) is 1.92. The summed E-state index contributed by atoms with van der Waals surface area (Å²) in [6.07, 6.45) is 1.71. The summed E-state index contributed by atoms with van der Waals surface area (Å²) < 4.78 is 0. The van der Waals surface area contributed by atoms with E-state index in [2.05, 4.69) is 15.5 Å². The zero-order valence-electron chi connectivity index (χ0n) is 10.2. The van der Waals surface area contributed by atoms with Crippen LogP contribution in [0.25, 0.3) is 0 Å². The molecule has 0 unspecified atom stereocenters. The molecular weight excluding hydrogens is 222 g/mol. The van der Waals surface area contributed by atoms with Crippen molar-refractivity contribution >= 4 is 23.3 Å². The van der Waals surface area contributed by atoms with Gasteiger partial charge in [-0.2, -0.15) is 5.10 Å². The van der Waals surface area contributed by atoms with Crippen molar-refractivity contribution in [3.8, 4) is 0 Å². The number of benzene rings is 2. The van der Waals surface area contributed by atoms with Crippen LogP contribution in [0.5, 0.6) is 0 Å². The average molecular weight is 237 g/mol. The molecule has 0 bridgehead atoms. The number of anilines is 1. The number of nitrogens with zero attached hydrogens (tertiary/aromatic N) is 2. The molecule has 0 aliphatic carbocycles. The van der Waals surface area contributed by atoms with E-state index < -0.39 is 0 Å². The number of hydrazone groups is 1. The number of rotatable bonds is 4. The Hall–Kier alpha value is -2.42. The highest BCUT2D eigenvalue weighted by atomic mass is 15.3. The zero-order valence-corrected chi connectivity index (χ0v) is 10.2. The molecule has 2 rings (SSSR count). The molecule has 90 valence electrons. The van der Waals surface area contributed by atoms with Crippen LogP contribution in [0.1, 0.15) is 6.92 Å². The lowest BCUT2D eigenvalue weighted by Gasteiger charge is -1.98. The molecule has 18 heavy (non-hydrogen) atoms. The second-order valence-electron chi connectivity index (χ2n) is 3.82. The van der Waals surface area contributed by atoms with Gasteiger partial charge in [0.1, 0.15) is 0 Å².